The van der Waals surface area contributed by atoms with Crippen molar-refractivity contribution in [3.05, 3.63) is 84.4 Å². The number of nitrogens with zero attached hydrogens (tertiary/aromatic N) is 3. The normalized spacial score (nSPS) is 27.6. The third kappa shape index (κ3) is 4.66. The Bertz CT molecular complexity index is 1380. The van der Waals surface area contributed by atoms with E-state index in [1.165, 1.54) is 4.90 Å². The number of amides is 3. The maximum Gasteiger partial charge on any atom is 0.253 e. The summed E-state index contributed by atoms with van der Waals surface area (Å²) in [5, 5.41) is 10.1. The van der Waals surface area contributed by atoms with Crippen LogP contribution in [0.3, 0.4) is 0 Å². The number of aliphatic hydroxyl groups excluding tert-OH is 1. The molecule has 0 aliphatic carbocycles. The second kappa shape index (κ2) is 11.7. The summed E-state index contributed by atoms with van der Waals surface area (Å²) in [4.78, 5) is 48.2. The maximum absolute atomic E-state index is 14.7. The molecular formula is C33H38ClN3O5. The van der Waals surface area contributed by atoms with Crippen molar-refractivity contribution >= 4 is 40.7 Å². The number of hydrogen-bond acceptors (Lipinski definition) is 5. The fraction of sp³-hybridized carbons (Fsp3) is 0.424. The number of benzene rings is 2. The smallest absolute Gasteiger partial charge is 0.253 e. The molecule has 3 heterocycles. The van der Waals surface area contributed by atoms with E-state index in [1.807, 2.05) is 56.3 Å². The van der Waals surface area contributed by atoms with Crippen LogP contribution in [0.2, 0.25) is 5.02 Å². The molecule has 1 spiro atoms. The van der Waals surface area contributed by atoms with E-state index in [1.54, 1.807) is 28.0 Å². The van der Waals surface area contributed by atoms with Crippen LogP contribution in [0.15, 0.2) is 73.8 Å². The zero-order valence-electron chi connectivity index (χ0n) is 24.2. The molecular weight excluding hydrogens is 554 g/mol. The number of aryl methyl sites for hydroxylation is 1. The first-order valence-corrected chi connectivity index (χ1v) is 14.8. The van der Waals surface area contributed by atoms with Gasteiger partial charge in [-0.2, -0.15) is 0 Å². The second-order valence-corrected chi connectivity index (χ2v) is 12.0. The van der Waals surface area contributed by atoms with Gasteiger partial charge in [-0.15, -0.1) is 13.2 Å². The summed E-state index contributed by atoms with van der Waals surface area (Å²) in [7, 11) is 0. The summed E-state index contributed by atoms with van der Waals surface area (Å²) in [6.07, 6.45) is 4.54. The van der Waals surface area contributed by atoms with Gasteiger partial charge in [-0.1, -0.05) is 54.1 Å². The third-order valence-electron chi connectivity index (χ3n) is 9.02. The maximum atomic E-state index is 14.7. The van der Waals surface area contributed by atoms with Crippen molar-refractivity contribution in [2.24, 2.45) is 11.8 Å². The number of hydrogen-bond donors (Lipinski definition) is 1. The summed E-state index contributed by atoms with van der Waals surface area (Å²) >= 11 is 6.63. The van der Waals surface area contributed by atoms with Crippen LogP contribution in [0.4, 0.5) is 11.4 Å². The second-order valence-electron chi connectivity index (χ2n) is 11.6. The molecule has 3 aliphatic heterocycles. The van der Waals surface area contributed by atoms with E-state index in [9.17, 15) is 19.5 Å². The molecule has 0 radical (unpaired) electrons. The van der Waals surface area contributed by atoms with Crippen molar-refractivity contribution in [2.45, 2.75) is 50.4 Å². The minimum atomic E-state index is -1.20. The first-order chi connectivity index (χ1) is 20.1. The lowest BCUT2D eigenvalue weighted by molar-refractivity contribution is -0.144. The van der Waals surface area contributed by atoms with E-state index >= 15 is 0 Å². The van der Waals surface area contributed by atoms with Crippen LogP contribution in [0.5, 0.6) is 0 Å². The SMILES string of the molecule is C=CCN(C(=O)[C@H]1[C@H]2C(=O)N(CCCO)C(C(=O)N(CC=C)c3c(C)cccc3Cl)C23CC[C@]1(C)O3)c1ccccc1. The molecule has 222 valence electrons. The van der Waals surface area contributed by atoms with Gasteiger partial charge in [0.2, 0.25) is 11.8 Å². The van der Waals surface area contributed by atoms with Crippen molar-refractivity contribution in [3.63, 3.8) is 0 Å². The summed E-state index contributed by atoms with van der Waals surface area (Å²) in [5.74, 6) is -2.54. The highest BCUT2D eigenvalue weighted by Crippen LogP contribution is 2.63. The van der Waals surface area contributed by atoms with Gasteiger partial charge in [-0.25, -0.2) is 0 Å². The standard InChI is InChI=1S/C33H38ClN3O5/c1-5-18-35(23-13-8-7-9-14-23)29(39)25-26-30(40)37(20-11-21-38)28(33(26)17-16-32(25,4)42-33)31(41)36(19-6-2)27-22(3)12-10-15-24(27)34/h5-10,12-15,25-26,28,38H,1-2,11,16-21H2,3-4H3/t25-,26+,28?,32+,33?/m1/s1. The van der Waals surface area contributed by atoms with Gasteiger partial charge in [0.1, 0.15) is 11.6 Å². The number of likely N-dealkylation sites (tertiary alicyclic amines) is 1. The minimum absolute atomic E-state index is 0.148. The van der Waals surface area contributed by atoms with Crippen LogP contribution >= 0.6 is 11.6 Å². The molecule has 3 saturated heterocycles. The molecule has 5 rings (SSSR count). The highest BCUT2D eigenvalue weighted by Gasteiger charge is 2.78. The molecule has 8 nitrogen and oxygen atoms in total. The Morgan fingerprint density at radius 1 is 1.07 bits per heavy atom. The fourth-order valence-electron chi connectivity index (χ4n) is 7.32. The quantitative estimate of drug-likeness (QED) is 0.388. The largest absolute Gasteiger partial charge is 0.396 e. The third-order valence-corrected chi connectivity index (χ3v) is 9.32. The predicted octanol–water partition coefficient (Wildman–Crippen LogP) is 4.53. The lowest BCUT2D eigenvalue weighted by Gasteiger charge is -2.37. The predicted molar refractivity (Wildman–Crippen MR) is 163 cm³/mol. The Morgan fingerprint density at radius 3 is 2.40 bits per heavy atom. The number of carbonyl (C=O) groups excluding carboxylic acids is 3. The molecule has 3 aliphatic rings. The Balaban J connectivity index is 1.61. The minimum Gasteiger partial charge on any atom is -0.396 e. The van der Waals surface area contributed by atoms with Gasteiger partial charge < -0.3 is 24.5 Å². The molecule has 3 fully saturated rings. The van der Waals surface area contributed by atoms with Gasteiger partial charge in [0.25, 0.3) is 5.91 Å². The van der Waals surface area contributed by atoms with Gasteiger partial charge in [0.05, 0.1) is 28.1 Å². The van der Waals surface area contributed by atoms with Crippen LogP contribution < -0.4 is 9.80 Å². The molecule has 3 amide bonds. The summed E-state index contributed by atoms with van der Waals surface area (Å²) in [6, 6.07) is 13.7. The molecule has 2 bridgehead atoms. The zero-order valence-corrected chi connectivity index (χ0v) is 24.9. The number of rotatable bonds is 11. The number of anilines is 2. The van der Waals surface area contributed by atoms with E-state index in [0.29, 0.717) is 29.2 Å². The number of para-hydroxylation sites is 2. The van der Waals surface area contributed by atoms with E-state index in [0.717, 1.165) is 5.56 Å². The average Bonchev–Trinajstić information content (AvgIpc) is 3.54. The van der Waals surface area contributed by atoms with E-state index in [4.69, 9.17) is 16.3 Å². The van der Waals surface area contributed by atoms with Crippen molar-refractivity contribution in [3.8, 4) is 0 Å². The molecule has 0 saturated carbocycles. The lowest BCUT2D eigenvalue weighted by Crippen LogP contribution is -2.57. The summed E-state index contributed by atoms with van der Waals surface area (Å²) in [5.41, 5.74) is -0.0892. The van der Waals surface area contributed by atoms with Crippen molar-refractivity contribution in [1.29, 1.82) is 0 Å². The molecule has 9 heteroatoms. The highest BCUT2D eigenvalue weighted by molar-refractivity contribution is 6.34. The molecule has 2 aromatic carbocycles. The van der Waals surface area contributed by atoms with Crippen molar-refractivity contribution < 1.29 is 24.2 Å². The summed E-state index contributed by atoms with van der Waals surface area (Å²) < 4.78 is 6.80. The van der Waals surface area contributed by atoms with Crippen LogP contribution in [0, 0.1) is 18.8 Å². The average molecular weight is 592 g/mol. The number of ether oxygens (including phenoxy) is 1. The molecule has 42 heavy (non-hydrogen) atoms. The van der Waals surface area contributed by atoms with Crippen molar-refractivity contribution in [2.75, 3.05) is 36.0 Å². The number of carbonyl (C=O) groups is 3. The first kappa shape index (κ1) is 30.0. The Labute approximate surface area is 252 Å². The monoisotopic (exact) mass is 591 g/mol. The fourth-order valence-corrected chi connectivity index (χ4v) is 7.65. The number of aliphatic hydroxyl groups is 1. The van der Waals surface area contributed by atoms with Crippen molar-refractivity contribution in [1.82, 2.24) is 4.90 Å². The van der Waals surface area contributed by atoms with Crippen LogP contribution in [-0.2, 0) is 19.1 Å². The van der Waals surface area contributed by atoms with E-state index in [-0.39, 0.29) is 50.4 Å². The highest BCUT2D eigenvalue weighted by atomic mass is 35.5. The molecule has 2 aromatic rings. The Hall–Kier alpha value is -3.46. The van der Waals surface area contributed by atoms with Gasteiger partial charge in [-0.3, -0.25) is 14.4 Å². The molecule has 1 N–H and O–H groups in total. The Morgan fingerprint density at radius 2 is 1.76 bits per heavy atom. The number of halogens is 1. The van der Waals surface area contributed by atoms with E-state index < -0.39 is 29.1 Å². The molecule has 2 unspecified atom stereocenters. The molecule has 5 atom stereocenters. The van der Waals surface area contributed by atoms with Gasteiger partial charge >= 0.3 is 0 Å². The van der Waals surface area contributed by atoms with Crippen LogP contribution in [0.1, 0.15) is 31.7 Å². The lowest BCUT2D eigenvalue weighted by atomic mass is 9.66. The molecule has 0 aromatic heterocycles. The van der Waals surface area contributed by atoms with E-state index in [2.05, 4.69) is 13.2 Å². The van der Waals surface area contributed by atoms with Gasteiger partial charge in [0.15, 0.2) is 0 Å². The topological polar surface area (TPSA) is 90.4 Å². The number of fused-ring (bicyclic) bond motifs is 1. The van der Waals surface area contributed by atoms with Gasteiger partial charge in [-0.05, 0) is 56.9 Å². The van der Waals surface area contributed by atoms with Crippen LogP contribution in [-0.4, -0.2) is 71.2 Å². The summed E-state index contributed by atoms with van der Waals surface area (Å²) in [6.45, 7) is 11.9. The first-order valence-electron chi connectivity index (χ1n) is 14.4. The van der Waals surface area contributed by atoms with Crippen LogP contribution in [0.25, 0.3) is 0 Å². The zero-order chi connectivity index (χ0) is 30.2. The Kier molecular flexibility index (Phi) is 8.34. The van der Waals surface area contributed by atoms with Gasteiger partial charge in [0, 0.05) is 31.9 Å².